The highest BCUT2D eigenvalue weighted by atomic mass is 16.1. The molecule has 0 spiro atoms. The third-order valence-corrected chi connectivity index (χ3v) is 5.40. The molecule has 0 radical (unpaired) electrons. The van der Waals surface area contributed by atoms with Gasteiger partial charge in [0.2, 0.25) is 5.91 Å². The Bertz CT molecular complexity index is 886. The molecular weight excluding hydrogens is 320 g/mol. The Morgan fingerprint density at radius 3 is 2.65 bits per heavy atom. The number of carbonyl (C=O) groups excluding carboxylic acids is 1. The summed E-state index contributed by atoms with van der Waals surface area (Å²) >= 11 is 0. The standard InChI is InChI=1S/C23H24N2O/c26-22(25-21-10-4-8-20-9-5-13-24-23(20)21)16-19-12-11-18(15-19)14-17-6-2-1-3-7-17/h1-10,13,18-19H,11-12,14-16H2,(H,25,26). The van der Waals surface area contributed by atoms with E-state index in [-0.39, 0.29) is 5.91 Å². The van der Waals surface area contributed by atoms with Crippen LogP contribution in [0.5, 0.6) is 0 Å². The van der Waals surface area contributed by atoms with Gasteiger partial charge in [-0.1, -0.05) is 48.5 Å². The highest BCUT2D eigenvalue weighted by Gasteiger charge is 2.26. The zero-order chi connectivity index (χ0) is 17.8. The van der Waals surface area contributed by atoms with Crippen molar-refractivity contribution in [2.24, 2.45) is 11.8 Å². The molecule has 3 aromatic rings. The second-order valence-corrected chi connectivity index (χ2v) is 7.37. The maximum Gasteiger partial charge on any atom is 0.224 e. The molecule has 1 saturated carbocycles. The Hall–Kier alpha value is -2.68. The van der Waals surface area contributed by atoms with Gasteiger partial charge < -0.3 is 5.32 Å². The van der Waals surface area contributed by atoms with Gasteiger partial charge in [-0.15, -0.1) is 0 Å². The van der Waals surface area contributed by atoms with Crippen LogP contribution in [0.2, 0.25) is 0 Å². The molecular formula is C23H24N2O. The van der Waals surface area contributed by atoms with Crippen LogP contribution in [0.25, 0.3) is 10.9 Å². The van der Waals surface area contributed by atoms with E-state index in [0.29, 0.717) is 18.3 Å². The molecule has 0 bridgehead atoms. The van der Waals surface area contributed by atoms with Crippen LogP contribution in [0.15, 0.2) is 66.9 Å². The fraction of sp³-hybridized carbons (Fsp3) is 0.304. The van der Waals surface area contributed by atoms with Crippen molar-refractivity contribution >= 4 is 22.5 Å². The van der Waals surface area contributed by atoms with Gasteiger partial charge in [-0.25, -0.2) is 0 Å². The average Bonchev–Trinajstić information content (AvgIpc) is 3.09. The number of amides is 1. The van der Waals surface area contributed by atoms with E-state index in [1.54, 1.807) is 6.20 Å². The molecule has 1 N–H and O–H groups in total. The van der Waals surface area contributed by atoms with Crippen LogP contribution < -0.4 is 5.32 Å². The molecule has 0 saturated heterocycles. The van der Waals surface area contributed by atoms with Gasteiger partial charge in [0.05, 0.1) is 11.2 Å². The van der Waals surface area contributed by atoms with E-state index in [9.17, 15) is 4.79 Å². The zero-order valence-electron chi connectivity index (χ0n) is 14.9. The summed E-state index contributed by atoms with van der Waals surface area (Å²) in [6, 6.07) is 20.5. The van der Waals surface area contributed by atoms with Gasteiger partial charge >= 0.3 is 0 Å². The van der Waals surface area contributed by atoms with Crippen molar-refractivity contribution in [3.63, 3.8) is 0 Å². The third-order valence-electron chi connectivity index (χ3n) is 5.40. The van der Waals surface area contributed by atoms with E-state index >= 15 is 0 Å². The molecule has 0 aliphatic heterocycles. The Labute approximate surface area is 154 Å². The molecule has 132 valence electrons. The van der Waals surface area contributed by atoms with Crippen LogP contribution in [0.1, 0.15) is 31.2 Å². The van der Waals surface area contributed by atoms with E-state index in [2.05, 4.69) is 40.6 Å². The largest absolute Gasteiger partial charge is 0.324 e. The van der Waals surface area contributed by atoms with Gasteiger partial charge in [-0.2, -0.15) is 0 Å². The molecule has 2 atom stereocenters. The third kappa shape index (κ3) is 3.93. The van der Waals surface area contributed by atoms with Crippen molar-refractivity contribution in [2.45, 2.75) is 32.1 Å². The number of rotatable bonds is 5. The molecule has 3 heteroatoms. The van der Waals surface area contributed by atoms with Crippen LogP contribution in [-0.4, -0.2) is 10.9 Å². The first-order valence-corrected chi connectivity index (χ1v) is 9.45. The second-order valence-electron chi connectivity index (χ2n) is 7.37. The lowest BCUT2D eigenvalue weighted by atomic mass is 9.95. The summed E-state index contributed by atoms with van der Waals surface area (Å²) in [5, 5.41) is 4.12. The summed E-state index contributed by atoms with van der Waals surface area (Å²) in [5.74, 6) is 1.30. The van der Waals surface area contributed by atoms with Gasteiger partial charge in [-0.3, -0.25) is 9.78 Å². The lowest BCUT2D eigenvalue weighted by molar-refractivity contribution is -0.117. The van der Waals surface area contributed by atoms with Crippen molar-refractivity contribution < 1.29 is 4.79 Å². The number of nitrogens with zero attached hydrogens (tertiary/aromatic N) is 1. The van der Waals surface area contributed by atoms with Crippen LogP contribution in [0, 0.1) is 11.8 Å². The molecule has 1 heterocycles. The normalized spacial score (nSPS) is 19.5. The van der Waals surface area contributed by atoms with Crippen LogP contribution in [0.3, 0.4) is 0 Å². The topological polar surface area (TPSA) is 42.0 Å². The summed E-state index contributed by atoms with van der Waals surface area (Å²) < 4.78 is 0. The Balaban J connectivity index is 1.34. The van der Waals surface area contributed by atoms with Gasteiger partial charge in [0, 0.05) is 18.0 Å². The number of aromatic nitrogens is 1. The van der Waals surface area contributed by atoms with E-state index in [1.165, 1.54) is 12.0 Å². The Kier molecular flexibility index (Phi) is 4.96. The quantitative estimate of drug-likeness (QED) is 0.689. The average molecular weight is 344 g/mol. The maximum atomic E-state index is 12.5. The molecule has 1 aliphatic carbocycles. The Morgan fingerprint density at radius 1 is 0.962 bits per heavy atom. The first kappa shape index (κ1) is 16.8. The summed E-state index contributed by atoms with van der Waals surface area (Å²) in [7, 11) is 0. The van der Waals surface area contributed by atoms with E-state index in [4.69, 9.17) is 0 Å². The predicted molar refractivity (Wildman–Crippen MR) is 106 cm³/mol. The van der Waals surface area contributed by atoms with Crippen LogP contribution >= 0.6 is 0 Å². The number of hydrogen-bond donors (Lipinski definition) is 1. The molecule has 2 unspecified atom stereocenters. The van der Waals surface area contributed by atoms with Crippen molar-refractivity contribution in [2.75, 3.05) is 5.32 Å². The van der Waals surface area contributed by atoms with E-state index in [0.717, 1.165) is 35.9 Å². The van der Waals surface area contributed by atoms with Crippen molar-refractivity contribution in [3.05, 3.63) is 72.4 Å². The SMILES string of the molecule is O=C(CC1CCC(Cc2ccccc2)C1)Nc1cccc2cccnc12. The summed E-state index contributed by atoms with van der Waals surface area (Å²) in [6.07, 6.45) is 7.03. The predicted octanol–water partition coefficient (Wildman–Crippen LogP) is 5.22. The number of nitrogens with one attached hydrogen (secondary N) is 1. The van der Waals surface area contributed by atoms with Gasteiger partial charge in [0.15, 0.2) is 0 Å². The molecule has 4 rings (SSSR count). The minimum atomic E-state index is 0.105. The van der Waals surface area contributed by atoms with Gasteiger partial charge in [0.1, 0.15) is 0 Å². The van der Waals surface area contributed by atoms with Gasteiger partial charge in [-0.05, 0) is 55.2 Å². The molecule has 1 aromatic heterocycles. The number of para-hydroxylation sites is 1. The van der Waals surface area contributed by atoms with E-state index in [1.807, 2.05) is 30.3 Å². The second kappa shape index (κ2) is 7.69. The molecule has 26 heavy (non-hydrogen) atoms. The number of benzene rings is 2. The maximum absolute atomic E-state index is 12.5. The van der Waals surface area contributed by atoms with Crippen LogP contribution in [0.4, 0.5) is 5.69 Å². The number of carbonyl (C=O) groups is 1. The van der Waals surface area contributed by atoms with E-state index < -0.39 is 0 Å². The molecule has 1 fully saturated rings. The van der Waals surface area contributed by atoms with Crippen molar-refractivity contribution in [1.29, 1.82) is 0 Å². The van der Waals surface area contributed by atoms with Crippen molar-refractivity contribution in [3.8, 4) is 0 Å². The number of pyridine rings is 1. The fourth-order valence-corrected chi connectivity index (χ4v) is 4.17. The first-order chi connectivity index (χ1) is 12.8. The smallest absolute Gasteiger partial charge is 0.224 e. The monoisotopic (exact) mass is 344 g/mol. The lowest BCUT2D eigenvalue weighted by Gasteiger charge is -2.12. The number of anilines is 1. The van der Waals surface area contributed by atoms with Crippen molar-refractivity contribution in [1.82, 2.24) is 4.98 Å². The molecule has 2 aromatic carbocycles. The summed E-state index contributed by atoms with van der Waals surface area (Å²) in [4.78, 5) is 16.9. The number of hydrogen-bond acceptors (Lipinski definition) is 2. The Morgan fingerprint density at radius 2 is 1.77 bits per heavy atom. The minimum absolute atomic E-state index is 0.105. The molecule has 1 aliphatic rings. The minimum Gasteiger partial charge on any atom is -0.324 e. The van der Waals surface area contributed by atoms with Crippen LogP contribution in [-0.2, 0) is 11.2 Å². The first-order valence-electron chi connectivity index (χ1n) is 9.45. The lowest BCUT2D eigenvalue weighted by Crippen LogP contribution is -2.16. The highest BCUT2D eigenvalue weighted by molar-refractivity contribution is 6.00. The fourth-order valence-electron chi connectivity index (χ4n) is 4.17. The molecule has 3 nitrogen and oxygen atoms in total. The number of fused-ring (bicyclic) bond motifs is 1. The zero-order valence-corrected chi connectivity index (χ0v) is 14.9. The summed E-state index contributed by atoms with van der Waals surface area (Å²) in [6.45, 7) is 0. The highest BCUT2D eigenvalue weighted by Crippen LogP contribution is 2.35. The van der Waals surface area contributed by atoms with Gasteiger partial charge in [0.25, 0.3) is 0 Å². The molecule has 1 amide bonds. The summed E-state index contributed by atoms with van der Waals surface area (Å²) in [5.41, 5.74) is 3.08.